The Morgan fingerprint density at radius 2 is 1.82 bits per heavy atom. The third-order valence-corrected chi connectivity index (χ3v) is 2.69. The van der Waals surface area contributed by atoms with Crippen LogP contribution in [-0.2, 0) is 12.3 Å². The normalized spacial score (nSPS) is 11.6. The Bertz CT molecular complexity index is 366. The highest BCUT2D eigenvalue weighted by Gasteiger charge is 2.31. The number of rotatable bonds is 5. The van der Waals surface area contributed by atoms with Gasteiger partial charge in [-0.1, -0.05) is 6.07 Å². The van der Waals surface area contributed by atoms with Gasteiger partial charge in [0.05, 0.1) is 0 Å². The lowest BCUT2D eigenvalue weighted by molar-refractivity contribution is -0.274. The summed E-state index contributed by atoms with van der Waals surface area (Å²) < 4.78 is 40.0. The van der Waals surface area contributed by atoms with E-state index < -0.39 is 6.36 Å². The quantitative estimate of drug-likeness (QED) is 0.725. The van der Waals surface area contributed by atoms with Crippen LogP contribution >= 0.6 is 23.2 Å². The van der Waals surface area contributed by atoms with Gasteiger partial charge in [0, 0.05) is 11.8 Å². The van der Waals surface area contributed by atoms with E-state index in [0.29, 0.717) is 18.7 Å². The molecular formula is C11H11Cl2F3O. The predicted octanol–water partition coefficient (Wildman–Crippen LogP) is 4.50. The molecule has 17 heavy (non-hydrogen) atoms. The highest BCUT2D eigenvalue weighted by atomic mass is 35.5. The van der Waals surface area contributed by atoms with Gasteiger partial charge in [-0.2, -0.15) is 0 Å². The first kappa shape index (κ1) is 14.5. The van der Waals surface area contributed by atoms with Crippen LogP contribution in [0.25, 0.3) is 0 Å². The molecular weight excluding hydrogens is 276 g/mol. The van der Waals surface area contributed by atoms with Crippen LogP contribution < -0.4 is 4.74 Å². The van der Waals surface area contributed by atoms with Gasteiger partial charge in [0.15, 0.2) is 0 Å². The third-order valence-electron chi connectivity index (χ3n) is 2.14. The van der Waals surface area contributed by atoms with Gasteiger partial charge in [-0.25, -0.2) is 0 Å². The van der Waals surface area contributed by atoms with E-state index in [1.807, 2.05) is 0 Å². The molecule has 1 aromatic carbocycles. The van der Waals surface area contributed by atoms with E-state index in [4.69, 9.17) is 23.2 Å². The molecule has 0 unspecified atom stereocenters. The second-order valence-electron chi connectivity index (χ2n) is 3.40. The van der Waals surface area contributed by atoms with Gasteiger partial charge < -0.3 is 4.74 Å². The minimum absolute atomic E-state index is 0.226. The molecule has 0 bridgehead atoms. The molecule has 1 rings (SSSR count). The zero-order chi connectivity index (χ0) is 12.9. The fraction of sp³-hybridized carbons (Fsp3) is 0.455. The van der Waals surface area contributed by atoms with Gasteiger partial charge in [0.1, 0.15) is 5.75 Å². The highest BCUT2D eigenvalue weighted by Crippen LogP contribution is 2.26. The smallest absolute Gasteiger partial charge is 0.406 e. The van der Waals surface area contributed by atoms with Crippen LogP contribution in [0.5, 0.6) is 5.75 Å². The van der Waals surface area contributed by atoms with Gasteiger partial charge in [-0.3, -0.25) is 0 Å². The first-order valence-electron chi connectivity index (χ1n) is 4.95. The van der Waals surface area contributed by atoms with E-state index in [1.165, 1.54) is 18.2 Å². The first-order valence-corrected chi connectivity index (χ1v) is 6.02. The van der Waals surface area contributed by atoms with Gasteiger partial charge in [0.25, 0.3) is 0 Å². The standard InChI is InChI=1S/C11H11Cl2F3O/c12-5-1-2-8-6-10(17-11(14,15)16)4-3-9(8)7-13/h3-4,6H,1-2,5,7H2. The summed E-state index contributed by atoms with van der Waals surface area (Å²) in [6.45, 7) is 0. The predicted molar refractivity (Wildman–Crippen MR) is 61.7 cm³/mol. The molecule has 0 N–H and O–H groups in total. The van der Waals surface area contributed by atoms with Crippen molar-refractivity contribution in [3.63, 3.8) is 0 Å². The van der Waals surface area contributed by atoms with Crippen LogP contribution in [0.1, 0.15) is 17.5 Å². The van der Waals surface area contributed by atoms with E-state index in [9.17, 15) is 13.2 Å². The SMILES string of the molecule is FC(F)(F)Oc1ccc(CCl)c(CCCCl)c1. The number of hydrogen-bond donors (Lipinski definition) is 0. The van der Waals surface area contributed by atoms with Crippen molar-refractivity contribution in [1.82, 2.24) is 0 Å². The largest absolute Gasteiger partial charge is 0.573 e. The molecule has 6 heteroatoms. The zero-order valence-corrected chi connectivity index (χ0v) is 10.4. The van der Waals surface area contributed by atoms with Gasteiger partial charge in [0.2, 0.25) is 0 Å². The Hall–Kier alpha value is -0.610. The Labute approximate surface area is 107 Å². The first-order chi connectivity index (χ1) is 7.96. The lowest BCUT2D eigenvalue weighted by atomic mass is 10.0. The van der Waals surface area contributed by atoms with Crippen molar-refractivity contribution < 1.29 is 17.9 Å². The van der Waals surface area contributed by atoms with Crippen LogP contribution in [0.3, 0.4) is 0 Å². The topological polar surface area (TPSA) is 9.23 Å². The lowest BCUT2D eigenvalue weighted by Crippen LogP contribution is -2.17. The second kappa shape index (κ2) is 6.36. The van der Waals surface area contributed by atoms with Crippen molar-refractivity contribution in [2.75, 3.05) is 5.88 Å². The van der Waals surface area contributed by atoms with E-state index in [1.54, 1.807) is 0 Å². The van der Waals surface area contributed by atoms with Crippen molar-refractivity contribution in [3.05, 3.63) is 29.3 Å². The molecule has 0 aromatic heterocycles. The van der Waals surface area contributed by atoms with Crippen LogP contribution in [-0.4, -0.2) is 12.2 Å². The Morgan fingerprint density at radius 3 is 2.35 bits per heavy atom. The number of hydrogen-bond acceptors (Lipinski definition) is 1. The molecule has 0 aliphatic heterocycles. The number of ether oxygens (including phenoxy) is 1. The van der Waals surface area contributed by atoms with Crippen molar-refractivity contribution in [1.29, 1.82) is 0 Å². The minimum Gasteiger partial charge on any atom is -0.406 e. The fourth-order valence-corrected chi connectivity index (χ4v) is 1.81. The number of aryl methyl sites for hydroxylation is 1. The Morgan fingerprint density at radius 1 is 1.12 bits per heavy atom. The Kier molecular flexibility index (Phi) is 5.40. The maximum Gasteiger partial charge on any atom is 0.573 e. The summed E-state index contributed by atoms with van der Waals surface area (Å²) >= 11 is 11.2. The second-order valence-corrected chi connectivity index (χ2v) is 4.05. The molecule has 1 nitrogen and oxygen atoms in total. The molecule has 0 amide bonds. The van der Waals surface area contributed by atoms with E-state index in [-0.39, 0.29) is 11.6 Å². The molecule has 0 aliphatic rings. The van der Waals surface area contributed by atoms with Crippen molar-refractivity contribution >= 4 is 23.2 Å². The van der Waals surface area contributed by atoms with Gasteiger partial charge >= 0.3 is 6.36 Å². The maximum absolute atomic E-state index is 12.0. The number of halogens is 5. The fourth-order valence-electron chi connectivity index (χ4n) is 1.42. The van der Waals surface area contributed by atoms with Crippen molar-refractivity contribution in [2.45, 2.75) is 25.1 Å². The monoisotopic (exact) mass is 286 g/mol. The summed E-state index contributed by atoms with van der Waals surface area (Å²) in [6.07, 6.45) is -3.41. The average molecular weight is 287 g/mol. The van der Waals surface area contributed by atoms with E-state index in [0.717, 1.165) is 11.1 Å². The van der Waals surface area contributed by atoms with Crippen LogP contribution in [0.2, 0.25) is 0 Å². The van der Waals surface area contributed by atoms with Crippen LogP contribution in [0, 0.1) is 0 Å². The van der Waals surface area contributed by atoms with Gasteiger partial charge in [-0.15, -0.1) is 36.4 Å². The lowest BCUT2D eigenvalue weighted by Gasteiger charge is -2.12. The molecule has 0 spiro atoms. The van der Waals surface area contributed by atoms with Crippen molar-refractivity contribution in [2.24, 2.45) is 0 Å². The molecule has 0 saturated carbocycles. The summed E-state index contributed by atoms with van der Waals surface area (Å²) in [5, 5.41) is 0. The number of alkyl halides is 5. The summed E-state index contributed by atoms with van der Waals surface area (Å²) in [5.41, 5.74) is 1.54. The summed E-state index contributed by atoms with van der Waals surface area (Å²) in [4.78, 5) is 0. The molecule has 0 atom stereocenters. The summed E-state index contributed by atoms with van der Waals surface area (Å²) in [7, 11) is 0. The van der Waals surface area contributed by atoms with Crippen molar-refractivity contribution in [3.8, 4) is 5.75 Å². The van der Waals surface area contributed by atoms with Gasteiger partial charge in [-0.05, 0) is 36.1 Å². The minimum atomic E-state index is -4.67. The molecule has 0 heterocycles. The van der Waals surface area contributed by atoms with E-state index in [2.05, 4.69) is 4.74 Å². The Balaban J connectivity index is 2.88. The molecule has 96 valence electrons. The number of benzene rings is 1. The third kappa shape index (κ3) is 5.04. The molecule has 0 saturated heterocycles. The van der Waals surface area contributed by atoms with Crippen LogP contribution in [0.15, 0.2) is 18.2 Å². The molecule has 0 aliphatic carbocycles. The summed E-state index contributed by atoms with van der Waals surface area (Å²) in [5.74, 6) is 0.478. The summed E-state index contributed by atoms with van der Waals surface area (Å²) in [6, 6.07) is 4.16. The van der Waals surface area contributed by atoms with Crippen LogP contribution in [0.4, 0.5) is 13.2 Å². The van der Waals surface area contributed by atoms with E-state index >= 15 is 0 Å². The highest BCUT2D eigenvalue weighted by molar-refractivity contribution is 6.18. The molecule has 0 radical (unpaired) electrons. The molecule has 0 fully saturated rings. The average Bonchev–Trinajstić information content (AvgIpc) is 2.24. The zero-order valence-electron chi connectivity index (χ0n) is 8.86. The molecule has 1 aromatic rings. The maximum atomic E-state index is 12.0.